The van der Waals surface area contributed by atoms with Crippen LogP contribution in [0.2, 0.25) is 0 Å². The Hall–Kier alpha value is -2.83. The fourth-order valence-electron chi connectivity index (χ4n) is 3.22. The summed E-state index contributed by atoms with van der Waals surface area (Å²) in [6.45, 7) is 2.34. The Labute approximate surface area is 145 Å². The van der Waals surface area contributed by atoms with Crippen LogP contribution in [-0.4, -0.2) is 51.4 Å². The maximum absolute atomic E-state index is 12.8. The minimum atomic E-state index is -0.853. The van der Waals surface area contributed by atoms with Gasteiger partial charge >= 0.3 is 5.97 Å². The van der Waals surface area contributed by atoms with E-state index in [1.165, 1.54) is 0 Å². The second kappa shape index (κ2) is 6.96. The summed E-state index contributed by atoms with van der Waals surface area (Å²) in [6.07, 6.45) is 3.01. The van der Waals surface area contributed by atoms with Crippen LogP contribution in [0.5, 0.6) is 5.75 Å². The van der Waals surface area contributed by atoms with Gasteiger partial charge in [-0.3, -0.25) is 9.59 Å². The predicted octanol–water partition coefficient (Wildman–Crippen LogP) is 2.21. The van der Waals surface area contributed by atoms with Crippen LogP contribution in [-0.2, 0) is 4.79 Å². The lowest BCUT2D eigenvalue weighted by molar-refractivity contribution is -0.144. The number of nitrogens with zero attached hydrogens (tertiary/aromatic N) is 3. The molecule has 1 amide bonds. The quantitative estimate of drug-likeness (QED) is 0.920. The number of aliphatic carboxylic acids is 1. The number of ether oxygens (including phenoxy) is 1. The number of rotatable bonds is 4. The minimum absolute atomic E-state index is 0.231. The van der Waals surface area contributed by atoms with Gasteiger partial charge in [-0.15, -0.1) is 0 Å². The molecule has 7 nitrogen and oxygen atoms in total. The third-order valence-corrected chi connectivity index (χ3v) is 4.71. The van der Waals surface area contributed by atoms with Gasteiger partial charge in [0.2, 0.25) is 0 Å². The molecule has 2 aromatic rings. The van der Waals surface area contributed by atoms with Gasteiger partial charge in [-0.2, -0.15) is 5.10 Å². The molecule has 132 valence electrons. The molecule has 0 unspecified atom stereocenters. The van der Waals surface area contributed by atoms with Crippen molar-refractivity contribution in [2.45, 2.75) is 25.8 Å². The monoisotopic (exact) mass is 343 g/mol. The average Bonchev–Trinajstić information content (AvgIpc) is 3.11. The summed E-state index contributed by atoms with van der Waals surface area (Å²) in [5.41, 5.74) is 1.13. The Balaban J connectivity index is 1.79. The number of methoxy groups -OCH3 is 1. The van der Waals surface area contributed by atoms with Crippen molar-refractivity contribution in [2.24, 2.45) is 5.92 Å². The van der Waals surface area contributed by atoms with Crippen molar-refractivity contribution in [1.82, 2.24) is 14.7 Å². The molecule has 0 aliphatic carbocycles. The molecule has 1 aliphatic rings. The van der Waals surface area contributed by atoms with Gasteiger partial charge in [-0.05, 0) is 50.1 Å². The highest BCUT2D eigenvalue weighted by Crippen LogP contribution is 2.25. The van der Waals surface area contributed by atoms with Gasteiger partial charge in [0.25, 0.3) is 5.91 Å². The Kier molecular flexibility index (Phi) is 4.74. The van der Waals surface area contributed by atoms with E-state index in [0.29, 0.717) is 25.1 Å². The second-order valence-corrected chi connectivity index (χ2v) is 6.17. The second-order valence-electron chi connectivity index (χ2n) is 6.17. The summed E-state index contributed by atoms with van der Waals surface area (Å²) in [5.74, 6) is -0.866. The van der Waals surface area contributed by atoms with Crippen molar-refractivity contribution < 1.29 is 19.4 Å². The highest BCUT2D eigenvalue weighted by molar-refractivity contribution is 5.93. The van der Waals surface area contributed by atoms with E-state index >= 15 is 0 Å². The summed E-state index contributed by atoms with van der Waals surface area (Å²) < 4.78 is 6.75. The zero-order valence-corrected chi connectivity index (χ0v) is 14.3. The van der Waals surface area contributed by atoms with E-state index in [4.69, 9.17) is 4.74 Å². The molecular formula is C18H21N3O4. The van der Waals surface area contributed by atoms with Gasteiger partial charge in [0.1, 0.15) is 5.75 Å². The lowest BCUT2D eigenvalue weighted by Crippen LogP contribution is -2.49. The number of carboxylic acids is 1. The Morgan fingerprint density at radius 3 is 2.60 bits per heavy atom. The smallest absolute Gasteiger partial charge is 0.308 e. The van der Waals surface area contributed by atoms with E-state index in [9.17, 15) is 14.7 Å². The number of carbonyl (C=O) groups is 2. The fraction of sp³-hybridized carbons (Fsp3) is 0.389. The van der Waals surface area contributed by atoms with Crippen LogP contribution in [0.15, 0.2) is 36.5 Å². The lowest BCUT2D eigenvalue weighted by Gasteiger charge is -2.37. The molecule has 7 heteroatoms. The zero-order chi connectivity index (χ0) is 18.0. The molecule has 1 aromatic carbocycles. The van der Waals surface area contributed by atoms with Crippen LogP contribution < -0.4 is 4.74 Å². The normalized spacial score (nSPS) is 20.3. The molecule has 25 heavy (non-hydrogen) atoms. The van der Waals surface area contributed by atoms with Crippen molar-refractivity contribution in [3.8, 4) is 11.4 Å². The van der Waals surface area contributed by atoms with Crippen LogP contribution in [0.25, 0.3) is 5.69 Å². The van der Waals surface area contributed by atoms with E-state index < -0.39 is 11.9 Å². The largest absolute Gasteiger partial charge is 0.497 e. The van der Waals surface area contributed by atoms with Crippen molar-refractivity contribution in [1.29, 1.82) is 0 Å². The topological polar surface area (TPSA) is 84.7 Å². The van der Waals surface area contributed by atoms with Crippen LogP contribution >= 0.6 is 0 Å². The number of carbonyl (C=O) groups excluding carboxylic acids is 1. The molecule has 0 bridgehead atoms. The summed E-state index contributed by atoms with van der Waals surface area (Å²) in [4.78, 5) is 25.7. The van der Waals surface area contributed by atoms with Crippen LogP contribution in [0.3, 0.4) is 0 Å². The first-order valence-electron chi connectivity index (χ1n) is 8.25. The number of hydrogen-bond acceptors (Lipinski definition) is 4. The Morgan fingerprint density at radius 2 is 1.96 bits per heavy atom. The maximum atomic E-state index is 12.8. The van der Waals surface area contributed by atoms with E-state index in [1.54, 1.807) is 35.9 Å². The van der Waals surface area contributed by atoms with Crippen molar-refractivity contribution in [2.75, 3.05) is 13.7 Å². The first kappa shape index (κ1) is 17.0. The van der Waals surface area contributed by atoms with Crippen LogP contribution in [0, 0.1) is 5.92 Å². The maximum Gasteiger partial charge on any atom is 0.308 e. The molecule has 3 rings (SSSR count). The van der Waals surface area contributed by atoms with Crippen LogP contribution in [0.4, 0.5) is 0 Å². The zero-order valence-electron chi connectivity index (χ0n) is 14.3. The Morgan fingerprint density at radius 1 is 1.24 bits per heavy atom. The molecule has 2 atom stereocenters. The van der Waals surface area contributed by atoms with Gasteiger partial charge < -0.3 is 14.7 Å². The lowest BCUT2D eigenvalue weighted by atomic mass is 9.90. The van der Waals surface area contributed by atoms with E-state index in [1.807, 2.05) is 24.3 Å². The predicted molar refractivity (Wildman–Crippen MR) is 91.0 cm³/mol. The van der Waals surface area contributed by atoms with Gasteiger partial charge in [0, 0.05) is 18.8 Å². The first-order chi connectivity index (χ1) is 12.0. The fourth-order valence-corrected chi connectivity index (χ4v) is 3.22. The summed E-state index contributed by atoms with van der Waals surface area (Å²) in [7, 11) is 1.60. The van der Waals surface area contributed by atoms with E-state index in [-0.39, 0.29) is 11.9 Å². The SMILES string of the molecule is COc1ccc(-n2ccc(C(=O)N3CCC[C@H](C(=O)O)[C@@H]3C)n2)cc1. The molecule has 1 aliphatic heterocycles. The molecule has 0 saturated carbocycles. The molecule has 1 saturated heterocycles. The molecular weight excluding hydrogens is 322 g/mol. The molecule has 0 radical (unpaired) electrons. The Bertz CT molecular complexity index is 769. The first-order valence-corrected chi connectivity index (χ1v) is 8.25. The third kappa shape index (κ3) is 3.35. The minimum Gasteiger partial charge on any atom is -0.497 e. The van der Waals surface area contributed by atoms with E-state index in [0.717, 1.165) is 11.4 Å². The molecule has 0 spiro atoms. The van der Waals surface area contributed by atoms with Crippen molar-refractivity contribution in [3.05, 3.63) is 42.2 Å². The number of hydrogen-bond donors (Lipinski definition) is 1. The molecule has 2 heterocycles. The third-order valence-electron chi connectivity index (χ3n) is 4.71. The number of aromatic nitrogens is 2. The standard InChI is InChI=1S/C18H21N3O4/c1-12-15(18(23)24)4-3-10-20(12)17(22)16-9-11-21(19-16)13-5-7-14(25-2)8-6-13/h5-9,11-12,15H,3-4,10H2,1-2H3,(H,23,24)/t12-,15-/m0/s1. The molecule has 1 aromatic heterocycles. The summed E-state index contributed by atoms with van der Waals surface area (Å²) in [6, 6.07) is 8.66. The van der Waals surface area contributed by atoms with Crippen molar-refractivity contribution >= 4 is 11.9 Å². The number of amides is 1. The van der Waals surface area contributed by atoms with Gasteiger partial charge in [0.05, 0.1) is 18.7 Å². The molecule has 1 N–H and O–H groups in total. The van der Waals surface area contributed by atoms with Crippen molar-refractivity contribution in [3.63, 3.8) is 0 Å². The average molecular weight is 343 g/mol. The van der Waals surface area contributed by atoms with Gasteiger partial charge in [-0.25, -0.2) is 4.68 Å². The summed E-state index contributed by atoms with van der Waals surface area (Å²) >= 11 is 0. The highest BCUT2D eigenvalue weighted by Gasteiger charge is 2.36. The number of piperidine rings is 1. The number of carboxylic acid groups (broad SMARTS) is 1. The summed E-state index contributed by atoms with van der Waals surface area (Å²) in [5, 5.41) is 13.7. The number of benzene rings is 1. The van der Waals surface area contributed by atoms with Crippen LogP contribution in [0.1, 0.15) is 30.3 Å². The highest BCUT2D eigenvalue weighted by atomic mass is 16.5. The van der Waals surface area contributed by atoms with E-state index in [2.05, 4.69) is 5.10 Å². The number of likely N-dealkylation sites (tertiary alicyclic amines) is 1. The van der Waals surface area contributed by atoms with Gasteiger partial charge in [-0.1, -0.05) is 0 Å². The van der Waals surface area contributed by atoms with Gasteiger partial charge in [0.15, 0.2) is 5.69 Å². The molecule has 1 fully saturated rings.